The van der Waals surface area contributed by atoms with Crippen molar-refractivity contribution in [2.75, 3.05) is 7.11 Å². The molecule has 0 radical (unpaired) electrons. The summed E-state index contributed by atoms with van der Waals surface area (Å²) < 4.78 is 6.16. The van der Waals surface area contributed by atoms with Crippen LogP contribution >= 0.6 is 15.9 Å². The fourth-order valence-corrected chi connectivity index (χ4v) is 2.32. The van der Waals surface area contributed by atoms with Crippen LogP contribution in [0.1, 0.15) is 19.4 Å². The summed E-state index contributed by atoms with van der Waals surface area (Å²) in [6.07, 6.45) is 0. The Labute approximate surface area is 115 Å². The van der Waals surface area contributed by atoms with Crippen molar-refractivity contribution in [3.8, 4) is 5.75 Å². The average molecular weight is 316 g/mol. The van der Waals surface area contributed by atoms with Gasteiger partial charge in [-0.25, -0.2) is 0 Å². The molecular formula is C13H18BrNO3. The van der Waals surface area contributed by atoms with Gasteiger partial charge >= 0.3 is 5.97 Å². The lowest BCUT2D eigenvalue weighted by Gasteiger charge is -2.19. The first-order chi connectivity index (χ1) is 8.47. The van der Waals surface area contributed by atoms with Gasteiger partial charge in [-0.1, -0.05) is 26.0 Å². The number of hydrogen-bond donors (Lipinski definition) is 2. The largest absolute Gasteiger partial charge is 0.495 e. The van der Waals surface area contributed by atoms with Gasteiger partial charge in [0.1, 0.15) is 11.8 Å². The van der Waals surface area contributed by atoms with Crippen molar-refractivity contribution in [3.05, 3.63) is 28.2 Å². The van der Waals surface area contributed by atoms with E-state index in [2.05, 4.69) is 21.2 Å². The Morgan fingerprint density at radius 2 is 2.17 bits per heavy atom. The minimum atomic E-state index is -0.834. The second-order valence-electron chi connectivity index (χ2n) is 4.37. The lowest BCUT2D eigenvalue weighted by atomic mass is 10.0. The highest BCUT2D eigenvalue weighted by Crippen LogP contribution is 2.28. The Hall–Kier alpha value is -1.07. The summed E-state index contributed by atoms with van der Waals surface area (Å²) in [5.41, 5.74) is 0.929. The van der Waals surface area contributed by atoms with E-state index in [0.717, 1.165) is 15.8 Å². The predicted octanol–water partition coefficient (Wildman–Crippen LogP) is 2.66. The van der Waals surface area contributed by atoms with Gasteiger partial charge in [-0.05, 0) is 27.9 Å². The molecule has 1 aromatic carbocycles. The van der Waals surface area contributed by atoms with Gasteiger partial charge in [-0.2, -0.15) is 0 Å². The molecule has 0 aliphatic rings. The van der Waals surface area contributed by atoms with Gasteiger partial charge in [0.2, 0.25) is 0 Å². The van der Waals surface area contributed by atoms with Crippen LogP contribution in [0.4, 0.5) is 0 Å². The third-order valence-electron chi connectivity index (χ3n) is 2.70. The highest BCUT2D eigenvalue weighted by Gasteiger charge is 2.21. The topological polar surface area (TPSA) is 58.6 Å². The highest BCUT2D eigenvalue weighted by atomic mass is 79.9. The van der Waals surface area contributed by atoms with E-state index in [4.69, 9.17) is 9.84 Å². The fourth-order valence-electron chi connectivity index (χ4n) is 1.75. The number of aliphatic carboxylic acids is 1. The van der Waals surface area contributed by atoms with Crippen LogP contribution in [-0.4, -0.2) is 24.2 Å². The van der Waals surface area contributed by atoms with Gasteiger partial charge in [-0.3, -0.25) is 10.1 Å². The van der Waals surface area contributed by atoms with Crippen molar-refractivity contribution in [1.29, 1.82) is 0 Å². The fraction of sp³-hybridized carbons (Fsp3) is 0.462. The van der Waals surface area contributed by atoms with Crippen LogP contribution in [0.3, 0.4) is 0 Å². The Morgan fingerprint density at radius 1 is 1.50 bits per heavy atom. The van der Waals surface area contributed by atoms with Crippen molar-refractivity contribution in [2.24, 2.45) is 5.92 Å². The monoisotopic (exact) mass is 315 g/mol. The number of carboxylic acids is 1. The molecule has 5 heteroatoms. The van der Waals surface area contributed by atoms with Gasteiger partial charge < -0.3 is 9.84 Å². The summed E-state index contributed by atoms with van der Waals surface area (Å²) in [4.78, 5) is 11.1. The third-order valence-corrected chi connectivity index (χ3v) is 3.32. The van der Waals surface area contributed by atoms with Gasteiger partial charge in [0.15, 0.2) is 0 Å². The molecule has 0 heterocycles. The number of hydrogen-bond acceptors (Lipinski definition) is 3. The Morgan fingerprint density at radius 3 is 2.67 bits per heavy atom. The van der Waals surface area contributed by atoms with E-state index >= 15 is 0 Å². The third kappa shape index (κ3) is 3.71. The standard InChI is InChI=1S/C13H18BrNO3/c1-8(2)11(13(16)17)15-7-9-5-4-6-10(14)12(9)18-3/h4-6,8,11,15H,7H2,1-3H3,(H,16,17)/t11-/m1/s1. The zero-order valence-electron chi connectivity index (χ0n) is 10.7. The maximum Gasteiger partial charge on any atom is 0.320 e. The molecule has 4 nitrogen and oxygen atoms in total. The second-order valence-corrected chi connectivity index (χ2v) is 5.23. The minimum absolute atomic E-state index is 0.0284. The SMILES string of the molecule is COc1c(Br)cccc1CN[C@@H](C(=O)O)C(C)C. The van der Waals surface area contributed by atoms with E-state index in [0.29, 0.717) is 6.54 Å². The van der Waals surface area contributed by atoms with Crippen molar-refractivity contribution < 1.29 is 14.6 Å². The molecular weight excluding hydrogens is 298 g/mol. The van der Waals surface area contributed by atoms with Crippen LogP contribution in [0.25, 0.3) is 0 Å². The molecule has 0 unspecified atom stereocenters. The number of carbonyl (C=O) groups is 1. The lowest BCUT2D eigenvalue weighted by molar-refractivity contribution is -0.140. The zero-order valence-corrected chi connectivity index (χ0v) is 12.3. The van der Waals surface area contributed by atoms with Gasteiger partial charge in [0.05, 0.1) is 11.6 Å². The van der Waals surface area contributed by atoms with E-state index in [1.54, 1.807) is 7.11 Å². The van der Waals surface area contributed by atoms with Crippen LogP contribution in [-0.2, 0) is 11.3 Å². The summed E-state index contributed by atoms with van der Waals surface area (Å²) in [6.45, 7) is 4.21. The number of nitrogens with one attached hydrogen (secondary N) is 1. The predicted molar refractivity (Wildman–Crippen MR) is 73.8 cm³/mol. The smallest absolute Gasteiger partial charge is 0.320 e. The van der Waals surface area contributed by atoms with Crippen LogP contribution in [0.5, 0.6) is 5.75 Å². The summed E-state index contributed by atoms with van der Waals surface area (Å²) in [6, 6.07) is 5.14. The molecule has 0 saturated carbocycles. The maximum atomic E-state index is 11.1. The molecule has 0 amide bonds. The number of benzene rings is 1. The van der Waals surface area contributed by atoms with Crippen LogP contribution in [0.2, 0.25) is 0 Å². The molecule has 0 aliphatic heterocycles. The Balaban J connectivity index is 2.79. The summed E-state index contributed by atoms with van der Waals surface area (Å²) in [5.74, 6) is -0.0718. The first-order valence-corrected chi connectivity index (χ1v) is 6.54. The number of carboxylic acid groups (broad SMARTS) is 1. The van der Waals surface area contributed by atoms with E-state index in [9.17, 15) is 4.79 Å². The minimum Gasteiger partial charge on any atom is -0.495 e. The average Bonchev–Trinajstić information content (AvgIpc) is 2.28. The highest BCUT2D eigenvalue weighted by molar-refractivity contribution is 9.10. The first kappa shape index (κ1) is 15.0. The van der Waals surface area contributed by atoms with E-state index < -0.39 is 12.0 Å². The zero-order chi connectivity index (χ0) is 13.7. The Kier molecular flexibility index (Phi) is 5.62. The molecule has 1 atom stereocenters. The number of methoxy groups -OCH3 is 1. The molecule has 0 bridgehead atoms. The quantitative estimate of drug-likeness (QED) is 0.847. The number of ether oxygens (including phenoxy) is 1. The van der Waals surface area contributed by atoms with Crippen molar-refractivity contribution >= 4 is 21.9 Å². The summed E-state index contributed by atoms with van der Waals surface area (Å²) in [5, 5.41) is 12.1. The molecule has 0 fully saturated rings. The summed E-state index contributed by atoms with van der Waals surface area (Å²) in [7, 11) is 1.60. The van der Waals surface area contributed by atoms with Gasteiger partial charge in [-0.15, -0.1) is 0 Å². The van der Waals surface area contributed by atoms with Crippen molar-refractivity contribution in [2.45, 2.75) is 26.4 Å². The summed E-state index contributed by atoms with van der Waals surface area (Å²) >= 11 is 3.40. The molecule has 2 N–H and O–H groups in total. The van der Waals surface area contributed by atoms with Crippen LogP contribution < -0.4 is 10.1 Å². The molecule has 1 aromatic rings. The van der Waals surface area contributed by atoms with E-state index in [1.807, 2.05) is 32.0 Å². The van der Waals surface area contributed by atoms with Crippen molar-refractivity contribution in [1.82, 2.24) is 5.32 Å². The molecule has 0 aromatic heterocycles. The molecule has 0 saturated heterocycles. The molecule has 0 spiro atoms. The van der Waals surface area contributed by atoms with Gasteiger partial charge in [0, 0.05) is 12.1 Å². The molecule has 100 valence electrons. The first-order valence-electron chi connectivity index (χ1n) is 5.75. The van der Waals surface area contributed by atoms with Crippen LogP contribution in [0.15, 0.2) is 22.7 Å². The lowest BCUT2D eigenvalue weighted by Crippen LogP contribution is -2.40. The molecule has 18 heavy (non-hydrogen) atoms. The Bertz CT molecular complexity index is 421. The van der Waals surface area contributed by atoms with E-state index in [1.165, 1.54) is 0 Å². The number of rotatable bonds is 6. The molecule has 1 rings (SSSR count). The number of para-hydroxylation sites is 1. The molecule has 0 aliphatic carbocycles. The second kappa shape index (κ2) is 6.75. The van der Waals surface area contributed by atoms with Crippen LogP contribution in [0, 0.1) is 5.92 Å². The van der Waals surface area contributed by atoms with E-state index in [-0.39, 0.29) is 5.92 Å². The maximum absolute atomic E-state index is 11.1. The normalized spacial score (nSPS) is 12.5. The van der Waals surface area contributed by atoms with Crippen molar-refractivity contribution in [3.63, 3.8) is 0 Å². The van der Waals surface area contributed by atoms with Gasteiger partial charge in [0.25, 0.3) is 0 Å². The number of halogens is 1.